The van der Waals surface area contributed by atoms with Crippen molar-refractivity contribution in [1.82, 2.24) is 5.32 Å². The van der Waals surface area contributed by atoms with E-state index in [1.807, 2.05) is 38.1 Å². The first-order valence-electron chi connectivity index (χ1n) is 6.40. The summed E-state index contributed by atoms with van der Waals surface area (Å²) in [7, 11) is 0. The molecule has 0 aliphatic rings. The van der Waals surface area contributed by atoms with Crippen molar-refractivity contribution >= 4 is 23.2 Å². The monoisotopic (exact) mass is 288 g/mol. The number of carbonyl (C=O) groups is 1. The first-order chi connectivity index (χ1) is 9.47. The second-order valence-electron chi connectivity index (χ2n) is 4.84. The number of nitrogens with two attached hydrogens (primary N) is 1. The van der Waals surface area contributed by atoms with Gasteiger partial charge in [0, 0.05) is 5.56 Å². The molecule has 0 aliphatic carbocycles. The molecular formula is C16H17ClN2O. The number of hydrogen-bond acceptors (Lipinski definition) is 2. The van der Waals surface area contributed by atoms with Crippen LogP contribution in [0, 0.1) is 6.92 Å². The zero-order chi connectivity index (χ0) is 14.7. The van der Waals surface area contributed by atoms with Crippen LogP contribution in [0.2, 0.25) is 5.02 Å². The molecule has 2 rings (SSSR count). The molecule has 0 aromatic heterocycles. The molecule has 4 heteroatoms. The molecule has 0 saturated carbocycles. The summed E-state index contributed by atoms with van der Waals surface area (Å²) in [6.07, 6.45) is 0. The maximum Gasteiger partial charge on any atom is 0.251 e. The number of benzene rings is 2. The Balaban J connectivity index is 2.10. The van der Waals surface area contributed by atoms with Crippen molar-refractivity contribution in [2.75, 3.05) is 5.73 Å². The van der Waals surface area contributed by atoms with E-state index < -0.39 is 0 Å². The summed E-state index contributed by atoms with van der Waals surface area (Å²) < 4.78 is 0. The average Bonchev–Trinajstić information content (AvgIpc) is 2.42. The zero-order valence-electron chi connectivity index (χ0n) is 11.5. The van der Waals surface area contributed by atoms with Crippen molar-refractivity contribution in [1.29, 1.82) is 0 Å². The summed E-state index contributed by atoms with van der Waals surface area (Å²) in [5.74, 6) is -0.165. The molecule has 1 atom stereocenters. The molecule has 0 bridgehead atoms. The zero-order valence-corrected chi connectivity index (χ0v) is 12.2. The number of carbonyl (C=O) groups excluding carboxylic acids is 1. The van der Waals surface area contributed by atoms with E-state index in [1.165, 1.54) is 5.56 Å². The summed E-state index contributed by atoms with van der Waals surface area (Å²) >= 11 is 5.85. The van der Waals surface area contributed by atoms with E-state index in [-0.39, 0.29) is 11.9 Å². The standard InChI is InChI=1S/C16H17ClN2O/c1-10-3-5-12(6-4-10)11(2)19-16(20)13-7-8-14(17)15(18)9-13/h3-9,11H,18H2,1-2H3,(H,19,20). The van der Waals surface area contributed by atoms with Crippen LogP contribution in [0.4, 0.5) is 5.69 Å². The topological polar surface area (TPSA) is 55.1 Å². The fourth-order valence-electron chi connectivity index (χ4n) is 1.90. The molecule has 0 saturated heterocycles. The van der Waals surface area contributed by atoms with E-state index in [0.29, 0.717) is 16.3 Å². The summed E-state index contributed by atoms with van der Waals surface area (Å²) in [6.45, 7) is 3.98. The van der Waals surface area contributed by atoms with Crippen LogP contribution in [0.25, 0.3) is 0 Å². The van der Waals surface area contributed by atoms with Gasteiger partial charge in [-0.1, -0.05) is 41.4 Å². The minimum atomic E-state index is -0.165. The number of hydrogen-bond donors (Lipinski definition) is 2. The fourth-order valence-corrected chi connectivity index (χ4v) is 2.02. The lowest BCUT2D eigenvalue weighted by Crippen LogP contribution is -2.26. The van der Waals surface area contributed by atoms with Gasteiger partial charge in [0.2, 0.25) is 0 Å². The summed E-state index contributed by atoms with van der Waals surface area (Å²) in [5.41, 5.74) is 8.87. The van der Waals surface area contributed by atoms with Crippen molar-refractivity contribution in [2.24, 2.45) is 0 Å². The lowest BCUT2D eigenvalue weighted by Gasteiger charge is -2.15. The van der Waals surface area contributed by atoms with E-state index in [9.17, 15) is 4.79 Å². The van der Waals surface area contributed by atoms with Gasteiger partial charge in [-0.05, 0) is 37.6 Å². The van der Waals surface area contributed by atoms with Crippen LogP contribution >= 0.6 is 11.6 Å². The van der Waals surface area contributed by atoms with Crippen LogP contribution in [0.15, 0.2) is 42.5 Å². The van der Waals surface area contributed by atoms with Gasteiger partial charge in [0.25, 0.3) is 5.91 Å². The summed E-state index contributed by atoms with van der Waals surface area (Å²) in [5, 5.41) is 3.39. The summed E-state index contributed by atoms with van der Waals surface area (Å²) in [6, 6.07) is 12.9. The Morgan fingerprint density at radius 2 is 1.85 bits per heavy atom. The van der Waals surface area contributed by atoms with Gasteiger partial charge in [0.05, 0.1) is 16.8 Å². The number of aryl methyl sites for hydroxylation is 1. The molecule has 2 aromatic carbocycles. The predicted molar refractivity (Wildman–Crippen MR) is 82.9 cm³/mol. The molecule has 0 radical (unpaired) electrons. The number of halogens is 1. The number of anilines is 1. The Morgan fingerprint density at radius 3 is 2.45 bits per heavy atom. The molecule has 3 N–H and O–H groups in total. The lowest BCUT2D eigenvalue weighted by molar-refractivity contribution is 0.0940. The molecule has 104 valence electrons. The number of rotatable bonds is 3. The van der Waals surface area contributed by atoms with E-state index in [2.05, 4.69) is 5.32 Å². The third-order valence-corrected chi connectivity index (χ3v) is 3.53. The van der Waals surface area contributed by atoms with Crippen molar-refractivity contribution in [3.8, 4) is 0 Å². The first-order valence-corrected chi connectivity index (χ1v) is 6.77. The minimum Gasteiger partial charge on any atom is -0.398 e. The largest absolute Gasteiger partial charge is 0.398 e. The quantitative estimate of drug-likeness (QED) is 0.846. The molecule has 0 heterocycles. The molecule has 0 spiro atoms. The molecule has 0 fully saturated rings. The van der Waals surface area contributed by atoms with Gasteiger partial charge in [-0.25, -0.2) is 0 Å². The third-order valence-electron chi connectivity index (χ3n) is 3.18. The smallest absolute Gasteiger partial charge is 0.251 e. The Kier molecular flexibility index (Phi) is 4.30. The van der Waals surface area contributed by atoms with Crippen LogP contribution < -0.4 is 11.1 Å². The lowest BCUT2D eigenvalue weighted by atomic mass is 10.1. The van der Waals surface area contributed by atoms with Gasteiger partial charge >= 0.3 is 0 Å². The third kappa shape index (κ3) is 3.31. The number of amides is 1. The molecule has 1 amide bonds. The van der Waals surface area contributed by atoms with Gasteiger partial charge in [0.1, 0.15) is 0 Å². The second kappa shape index (κ2) is 5.97. The molecular weight excluding hydrogens is 272 g/mol. The van der Waals surface area contributed by atoms with E-state index in [1.54, 1.807) is 18.2 Å². The van der Waals surface area contributed by atoms with Crippen LogP contribution in [0.5, 0.6) is 0 Å². The number of nitrogens with one attached hydrogen (secondary N) is 1. The first kappa shape index (κ1) is 14.4. The van der Waals surface area contributed by atoms with Crippen molar-refractivity contribution in [3.05, 3.63) is 64.2 Å². The van der Waals surface area contributed by atoms with Gasteiger partial charge in [-0.2, -0.15) is 0 Å². The van der Waals surface area contributed by atoms with E-state index >= 15 is 0 Å². The molecule has 1 unspecified atom stereocenters. The highest BCUT2D eigenvalue weighted by atomic mass is 35.5. The van der Waals surface area contributed by atoms with Crippen molar-refractivity contribution in [3.63, 3.8) is 0 Å². The molecule has 2 aromatic rings. The van der Waals surface area contributed by atoms with Gasteiger partial charge in [-0.15, -0.1) is 0 Å². The van der Waals surface area contributed by atoms with E-state index in [0.717, 1.165) is 5.56 Å². The summed E-state index contributed by atoms with van der Waals surface area (Å²) in [4.78, 5) is 12.1. The van der Waals surface area contributed by atoms with Crippen LogP contribution in [0.3, 0.4) is 0 Å². The predicted octanol–water partition coefficient (Wildman–Crippen LogP) is 3.72. The van der Waals surface area contributed by atoms with Gasteiger partial charge in [-0.3, -0.25) is 4.79 Å². The van der Waals surface area contributed by atoms with E-state index in [4.69, 9.17) is 17.3 Å². The van der Waals surface area contributed by atoms with Crippen LogP contribution in [-0.2, 0) is 0 Å². The van der Waals surface area contributed by atoms with Gasteiger partial charge < -0.3 is 11.1 Å². The van der Waals surface area contributed by atoms with Gasteiger partial charge in [0.15, 0.2) is 0 Å². The fraction of sp³-hybridized carbons (Fsp3) is 0.188. The highest BCUT2D eigenvalue weighted by Gasteiger charge is 2.12. The Morgan fingerprint density at radius 1 is 1.20 bits per heavy atom. The van der Waals surface area contributed by atoms with Crippen molar-refractivity contribution < 1.29 is 4.79 Å². The Labute approximate surface area is 123 Å². The normalized spacial score (nSPS) is 11.9. The molecule has 20 heavy (non-hydrogen) atoms. The second-order valence-corrected chi connectivity index (χ2v) is 5.25. The van der Waals surface area contributed by atoms with Crippen molar-refractivity contribution in [2.45, 2.75) is 19.9 Å². The highest BCUT2D eigenvalue weighted by Crippen LogP contribution is 2.20. The Bertz CT molecular complexity index is 623. The SMILES string of the molecule is Cc1ccc(C(C)NC(=O)c2ccc(Cl)c(N)c2)cc1. The highest BCUT2D eigenvalue weighted by molar-refractivity contribution is 6.33. The maximum atomic E-state index is 12.1. The Hall–Kier alpha value is -2.00. The maximum absolute atomic E-state index is 12.1. The van der Waals surface area contributed by atoms with Crippen LogP contribution in [-0.4, -0.2) is 5.91 Å². The molecule has 0 aliphatic heterocycles. The minimum absolute atomic E-state index is 0.0694. The molecule has 3 nitrogen and oxygen atoms in total. The average molecular weight is 289 g/mol. The van der Waals surface area contributed by atoms with Crippen LogP contribution in [0.1, 0.15) is 34.5 Å². The number of nitrogen functional groups attached to an aromatic ring is 1.